The van der Waals surface area contributed by atoms with E-state index in [1.165, 1.54) is 0 Å². The summed E-state index contributed by atoms with van der Waals surface area (Å²) in [5.41, 5.74) is 0.969. The highest BCUT2D eigenvalue weighted by molar-refractivity contribution is 6.68. The molecule has 0 aromatic heterocycles. The molecule has 0 aromatic rings. The highest BCUT2D eigenvalue weighted by Gasteiger charge is 1.80. The summed E-state index contributed by atoms with van der Waals surface area (Å²) in [6, 6.07) is 0. The maximum absolute atomic E-state index is 5.53. The van der Waals surface area contributed by atoms with E-state index in [0.717, 1.165) is 5.57 Å². The molecule has 0 aliphatic heterocycles. The first-order valence-electron chi connectivity index (χ1n) is 2.62. The summed E-state index contributed by atoms with van der Waals surface area (Å²) >= 11 is 5.53. The molecule has 1 nitrogen and oxygen atoms in total. The van der Waals surface area contributed by atoms with E-state index < -0.39 is 0 Å². The Morgan fingerprint density at radius 1 is 1.56 bits per heavy atom. The lowest BCUT2D eigenvalue weighted by molar-refractivity contribution is 1.46. The largest absolute Gasteiger partial charge is 0.277 e. The Bertz CT molecular complexity index is 156. The van der Waals surface area contributed by atoms with Gasteiger partial charge in [0.25, 0.3) is 0 Å². The van der Waals surface area contributed by atoms with Crippen LogP contribution in [0.5, 0.6) is 0 Å². The molecule has 0 saturated carbocycles. The lowest BCUT2D eigenvalue weighted by atomic mass is 10.3. The van der Waals surface area contributed by atoms with Gasteiger partial charge in [0.05, 0.1) is 0 Å². The topological polar surface area (TPSA) is 12.4 Å². The second-order valence-corrected chi connectivity index (χ2v) is 2.11. The summed E-state index contributed by atoms with van der Waals surface area (Å²) in [4.78, 5) is 3.71. The van der Waals surface area contributed by atoms with Crippen molar-refractivity contribution < 1.29 is 0 Å². The van der Waals surface area contributed by atoms with Crippen molar-refractivity contribution in [3.05, 3.63) is 24.3 Å². The fourth-order valence-corrected chi connectivity index (χ4v) is 0.349. The molecule has 0 heterocycles. The average molecular weight is 144 g/mol. The predicted molar refractivity (Wildman–Crippen MR) is 43.2 cm³/mol. The smallest absolute Gasteiger partial charge is 0.123 e. The molecular formula is C7H10ClN. The van der Waals surface area contributed by atoms with Crippen molar-refractivity contribution in [2.24, 2.45) is 4.99 Å². The number of rotatable bonds is 2. The van der Waals surface area contributed by atoms with Gasteiger partial charge in [-0.1, -0.05) is 29.8 Å². The fourth-order valence-electron chi connectivity index (χ4n) is 0.286. The Kier molecular flexibility index (Phi) is 4.06. The molecule has 2 heteroatoms. The van der Waals surface area contributed by atoms with Crippen LogP contribution in [0.15, 0.2) is 29.3 Å². The lowest BCUT2D eigenvalue weighted by Gasteiger charge is -1.83. The van der Waals surface area contributed by atoms with Gasteiger partial charge in [0.2, 0.25) is 0 Å². The van der Waals surface area contributed by atoms with E-state index in [1.54, 1.807) is 13.1 Å². The third-order valence-electron chi connectivity index (χ3n) is 0.719. The van der Waals surface area contributed by atoms with E-state index in [4.69, 9.17) is 11.6 Å². The fraction of sp³-hybridized carbons (Fsp3) is 0.286. The van der Waals surface area contributed by atoms with Gasteiger partial charge in [-0.05, 0) is 13.0 Å². The van der Waals surface area contributed by atoms with E-state index in [-0.39, 0.29) is 0 Å². The molecule has 0 amide bonds. The molecule has 0 N–H and O–H groups in total. The van der Waals surface area contributed by atoms with Crippen LogP contribution in [0.2, 0.25) is 0 Å². The highest BCUT2D eigenvalue weighted by atomic mass is 35.5. The van der Waals surface area contributed by atoms with Gasteiger partial charge in [-0.2, -0.15) is 0 Å². The third-order valence-corrected chi connectivity index (χ3v) is 1.01. The molecule has 0 aliphatic carbocycles. The van der Waals surface area contributed by atoms with E-state index in [9.17, 15) is 0 Å². The molecule has 0 aromatic carbocycles. The molecule has 0 aliphatic rings. The molecule has 9 heavy (non-hydrogen) atoms. The van der Waals surface area contributed by atoms with Crippen molar-refractivity contribution in [1.29, 1.82) is 0 Å². The van der Waals surface area contributed by atoms with Gasteiger partial charge in [-0.25, -0.2) is 0 Å². The summed E-state index contributed by atoms with van der Waals surface area (Å²) in [6.45, 7) is 5.56. The quantitative estimate of drug-likeness (QED) is 0.416. The van der Waals surface area contributed by atoms with Gasteiger partial charge < -0.3 is 0 Å². The predicted octanol–water partition coefficient (Wildman–Crippen LogP) is 2.39. The van der Waals surface area contributed by atoms with Crippen molar-refractivity contribution >= 4 is 16.8 Å². The second-order valence-electron chi connectivity index (χ2n) is 1.73. The van der Waals surface area contributed by atoms with E-state index >= 15 is 0 Å². The maximum Gasteiger partial charge on any atom is 0.123 e. The SMILES string of the molecule is C=C(C)/C=C\C(Cl)=NC. The summed E-state index contributed by atoms with van der Waals surface area (Å²) in [6.07, 6.45) is 3.53. The van der Waals surface area contributed by atoms with Crippen LogP contribution in [-0.2, 0) is 0 Å². The number of nitrogens with zero attached hydrogens (tertiary/aromatic N) is 1. The monoisotopic (exact) mass is 143 g/mol. The van der Waals surface area contributed by atoms with Gasteiger partial charge in [0, 0.05) is 7.05 Å². The zero-order valence-corrected chi connectivity index (χ0v) is 6.44. The summed E-state index contributed by atoms with van der Waals surface area (Å²) in [5, 5.41) is 0.498. The van der Waals surface area contributed by atoms with Crippen LogP contribution in [0.4, 0.5) is 0 Å². The molecule has 0 rings (SSSR count). The average Bonchev–Trinajstić information content (AvgIpc) is 1.83. The standard InChI is InChI=1S/C7H10ClN/c1-6(2)4-5-7(8)9-3/h4-5H,1H2,2-3H3/b5-4-,9-7?. The first kappa shape index (κ1) is 8.44. The zero-order chi connectivity index (χ0) is 7.28. The van der Waals surface area contributed by atoms with E-state index in [2.05, 4.69) is 11.6 Å². The maximum atomic E-state index is 5.53. The van der Waals surface area contributed by atoms with E-state index in [0.29, 0.717) is 5.17 Å². The lowest BCUT2D eigenvalue weighted by Crippen LogP contribution is -1.76. The van der Waals surface area contributed by atoms with Gasteiger partial charge in [-0.3, -0.25) is 4.99 Å². The van der Waals surface area contributed by atoms with E-state index in [1.807, 2.05) is 13.0 Å². The van der Waals surface area contributed by atoms with Crippen LogP contribution in [0, 0.1) is 0 Å². The molecule has 0 unspecified atom stereocenters. The number of halogens is 1. The third kappa shape index (κ3) is 5.31. The molecule has 0 saturated heterocycles. The Labute approximate surface area is 60.7 Å². The summed E-state index contributed by atoms with van der Waals surface area (Å²) in [5.74, 6) is 0. The number of hydrogen-bond donors (Lipinski definition) is 0. The van der Waals surface area contributed by atoms with Crippen LogP contribution in [0.3, 0.4) is 0 Å². The van der Waals surface area contributed by atoms with Gasteiger partial charge in [0.15, 0.2) is 0 Å². The molecule has 50 valence electrons. The Hall–Kier alpha value is -0.560. The summed E-state index contributed by atoms with van der Waals surface area (Å²) in [7, 11) is 1.64. The number of aliphatic imine (C=N–C) groups is 1. The number of hydrogen-bond acceptors (Lipinski definition) is 1. The van der Waals surface area contributed by atoms with Crippen LogP contribution in [0.25, 0.3) is 0 Å². The first-order chi connectivity index (χ1) is 4.16. The van der Waals surface area contributed by atoms with Crippen LogP contribution < -0.4 is 0 Å². The van der Waals surface area contributed by atoms with Crippen molar-refractivity contribution in [2.75, 3.05) is 7.05 Å². The minimum Gasteiger partial charge on any atom is -0.277 e. The van der Waals surface area contributed by atoms with Crippen molar-refractivity contribution in [3.8, 4) is 0 Å². The highest BCUT2D eigenvalue weighted by Crippen LogP contribution is 1.92. The molecule has 0 atom stereocenters. The summed E-state index contributed by atoms with van der Waals surface area (Å²) < 4.78 is 0. The van der Waals surface area contributed by atoms with Crippen molar-refractivity contribution in [2.45, 2.75) is 6.92 Å². The van der Waals surface area contributed by atoms with Crippen LogP contribution >= 0.6 is 11.6 Å². The van der Waals surface area contributed by atoms with Crippen LogP contribution in [-0.4, -0.2) is 12.2 Å². The van der Waals surface area contributed by atoms with Gasteiger partial charge in [0.1, 0.15) is 5.17 Å². The molecule has 0 radical (unpaired) electrons. The molecule has 0 fully saturated rings. The zero-order valence-electron chi connectivity index (χ0n) is 5.69. The Balaban J connectivity index is 3.86. The van der Waals surface area contributed by atoms with Crippen molar-refractivity contribution in [3.63, 3.8) is 0 Å². The molecule has 0 spiro atoms. The number of allylic oxidation sites excluding steroid dienone is 3. The minimum atomic E-state index is 0.498. The first-order valence-corrected chi connectivity index (χ1v) is 3.00. The molecular weight excluding hydrogens is 134 g/mol. The van der Waals surface area contributed by atoms with Gasteiger partial charge in [-0.15, -0.1) is 0 Å². The minimum absolute atomic E-state index is 0.498. The second kappa shape index (κ2) is 4.33. The van der Waals surface area contributed by atoms with Crippen molar-refractivity contribution in [1.82, 2.24) is 0 Å². The Morgan fingerprint density at radius 2 is 2.11 bits per heavy atom. The molecule has 0 bridgehead atoms. The van der Waals surface area contributed by atoms with Gasteiger partial charge >= 0.3 is 0 Å². The Morgan fingerprint density at radius 3 is 2.44 bits per heavy atom. The van der Waals surface area contributed by atoms with Crippen LogP contribution in [0.1, 0.15) is 6.92 Å². The normalized spacial score (nSPS) is 12.6.